The minimum Gasteiger partial charge on any atom is -0.395 e. The number of nitrogens with zero attached hydrogens (tertiary/aromatic N) is 1. The van der Waals surface area contributed by atoms with Crippen LogP contribution in [-0.4, -0.2) is 52.5 Å². The lowest BCUT2D eigenvalue weighted by molar-refractivity contribution is -0.218. The summed E-state index contributed by atoms with van der Waals surface area (Å²) in [6.45, 7) is 2.87. The number of fused-ring (bicyclic) bond motifs is 1. The van der Waals surface area contributed by atoms with E-state index in [0.29, 0.717) is 38.3 Å². The third kappa shape index (κ3) is 2.82. The summed E-state index contributed by atoms with van der Waals surface area (Å²) in [4.78, 5) is 5.32. The summed E-state index contributed by atoms with van der Waals surface area (Å²) in [6, 6.07) is 0. The Bertz CT molecular complexity index is 496. The Hall–Kier alpha value is -0.690. The molecule has 0 saturated heterocycles. The van der Waals surface area contributed by atoms with E-state index in [1.54, 1.807) is 0 Å². The Morgan fingerprint density at radius 1 is 1.12 bits per heavy atom. The van der Waals surface area contributed by atoms with Crippen molar-refractivity contribution in [1.29, 1.82) is 0 Å². The van der Waals surface area contributed by atoms with Gasteiger partial charge >= 0.3 is 0 Å². The summed E-state index contributed by atoms with van der Waals surface area (Å²) in [5, 5.41) is 36.5. The number of hydrogen-bond acceptors (Lipinski definition) is 6. The molecule has 0 heterocycles. The molecule has 0 aromatic rings. The number of aliphatic hydroxyl groups is 3. The number of oxime groups is 1. The van der Waals surface area contributed by atoms with Crippen LogP contribution in [0.1, 0.15) is 64.7 Å². The van der Waals surface area contributed by atoms with Gasteiger partial charge in [-0.3, -0.25) is 0 Å². The van der Waals surface area contributed by atoms with Crippen LogP contribution in [0.5, 0.6) is 0 Å². The van der Waals surface area contributed by atoms with E-state index in [9.17, 15) is 15.3 Å². The highest BCUT2D eigenvalue weighted by Gasteiger charge is 2.70. The smallest absolute Gasteiger partial charge is 0.129 e. The van der Waals surface area contributed by atoms with Crippen molar-refractivity contribution in [3.05, 3.63) is 0 Å². The first-order valence-electron chi connectivity index (χ1n) is 9.86. The van der Waals surface area contributed by atoms with E-state index >= 15 is 0 Å². The van der Waals surface area contributed by atoms with E-state index < -0.39 is 23.2 Å². The molecule has 0 radical (unpaired) electrons. The lowest BCUT2D eigenvalue weighted by atomic mass is 9.50. The second kappa shape index (κ2) is 7.14. The van der Waals surface area contributed by atoms with E-state index in [2.05, 4.69) is 12.1 Å². The number of aliphatic hydroxyl groups excluding tert-OH is 2. The molecule has 6 nitrogen and oxygen atoms in total. The highest BCUT2D eigenvalue weighted by atomic mass is 16.6. The number of nitrogens with two attached hydrogens (primary N) is 1. The zero-order chi connectivity index (χ0) is 18.1. The van der Waals surface area contributed by atoms with Gasteiger partial charge in [0.2, 0.25) is 0 Å². The van der Waals surface area contributed by atoms with Crippen molar-refractivity contribution in [2.75, 3.05) is 13.2 Å². The monoisotopic (exact) mass is 354 g/mol. The van der Waals surface area contributed by atoms with Crippen molar-refractivity contribution < 1.29 is 20.2 Å². The maximum absolute atomic E-state index is 11.4. The predicted molar refractivity (Wildman–Crippen MR) is 96.0 cm³/mol. The zero-order valence-corrected chi connectivity index (χ0v) is 15.4. The van der Waals surface area contributed by atoms with E-state index in [-0.39, 0.29) is 5.41 Å². The average Bonchev–Trinajstić information content (AvgIpc) is 2.87. The average molecular weight is 354 g/mol. The van der Waals surface area contributed by atoms with Crippen LogP contribution >= 0.6 is 0 Å². The number of hydrogen-bond donors (Lipinski definition) is 4. The summed E-state index contributed by atoms with van der Waals surface area (Å²) in [6.07, 6.45) is 8.29. The fourth-order valence-corrected chi connectivity index (χ4v) is 6.01. The molecule has 3 saturated carbocycles. The SMILES string of the molecule is C[C@]12CC[C@H](O)[C@@H](O)[C@]1(O)CC[C@]2(/C=N/OCCN)C1CCCCC1. The molecular weight excluding hydrogens is 320 g/mol. The fourth-order valence-electron chi connectivity index (χ4n) is 6.01. The summed E-state index contributed by atoms with van der Waals surface area (Å²) < 4.78 is 0. The van der Waals surface area contributed by atoms with Crippen molar-refractivity contribution in [2.24, 2.45) is 27.6 Å². The Kier molecular flexibility index (Phi) is 5.45. The first-order chi connectivity index (χ1) is 11.9. The quantitative estimate of drug-likeness (QED) is 0.340. The van der Waals surface area contributed by atoms with E-state index in [1.807, 2.05) is 6.21 Å². The molecule has 0 amide bonds. The lowest BCUT2D eigenvalue weighted by Gasteiger charge is -2.57. The Labute approximate surface area is 150 Å². The number of rotatable bonds is 5. The molecule has 0 aromatic heterocycles. The van der Waals surface area contributed by atoms with Crippen molar-refractivity contribution in [3.8, 4) is 0 Å². The van der Waals surface area contributed by atoms with Crippen LogP contribution in [0.25, 0.3) is 0 Å². The molecule has 0 unspecified atom stereocenters. The van der Waals surface area contributed by atoms with E-state index in [1.165, 1.54) is 19.3 Å². The summed E-state index contributed by atoms with van der Waals surface area (Å²) in [7, 11) is 0. The maximum atomic E-state index is 11.4. The van der Waals surface area contributed by atoms with Crippen molar-refractivity contribution >= 4 is 6.21 Å². The van der Waals surface area contributed by atoms with Crippen LogP contribution in [-0.2, 0) is 4.84 Å². The highest BCUT2D eigenvalue weighted by molar-refractivity contribution is 5.69. The Morgan fingerprint density at radius 2 is 1.84 bits per heavy atom. The van der Waals surface area contributed by atoms with Gasteiger partial charge in [-0.2, -0.15) is 0 Å². The first kappa shape index (κ1) is 19.1. The largest absolute Gasteiger partial charge is 0.395 e. The fraction of sp³-hybridized carbons (Fsp3) is 0.947. The van der Waals surface area contributed by atoms with Gasteiger partial charge in [0.1, 0.15) is 12.7 Å². The van der Waals surface area contributed by atoms with Crippen LogP contribution in [0.2, 0.25) is 0 Å². The molecule has 3 fully saturated rings. The van der Waals surface area contributed by atoms with E-state index in [4.69, 9.17) is 10.6 Å². The van der Waals surface area contributed by atoms with Crippen LogP contribution in [0.15, 0.2) is 5.16 Å². The minimum atomic E-state index is -1.28. The van der Waals surface area contributed by atoms with Crippen LogP contribution in [0.4, 0.5) is 0 Å². The minimum absolute atomic E-state index is 0.308. The van der Waals surface area contributed by atoms with Gasteiger partial charge < -0.3 is 25.9 Å². The van der Waals surface area contributed by atoms with Gasteiger partial charge in [-0.15, -0.1) is 0 Å². The normalized spacial score (nSPS) is 45.6. The molecule has 6 heteroatoms. The molecule has 3 aliphatic rings. The van der Waals surface area contributed by atoms with Crippen molar-refractivity contribution in [2.45, 2.75) is 82.5 Å². The third-order valence-electron chi connectivity index (χ3n) is 7.60. The van der Waals surface area contributed by atoms with Gasteiger partial charge in [-0.05, 0) is 44.4 Å². The summed E-state index contributed by atoms with van der Waals surface area (Å²) >= 11 is 0. The molecule has 3 rings (SSSR count). The summed E-state index contributed by atoms with van der Waals surface area (Å²) in [5.41, 5.74) is 3.38. The topological polar surface area (TPSA) is 108 Å². The molecule has 0 aromatic carbocycles. The lowest BCUT2D eigenvalue weighted by Crippen LogP contribution is -2.64. The van der Waals surface area contributed by atoms with Crippen LogP contribution < -0.4 is 5.73 Å². The van der Waals surface area contributed by atoms with Gasteiger partial charge in [0, 0.05) is 17.4 Å². The predicted octanol–water partition coefficient (Wildman–Crippen LogP) is 1.56. The van der Waals surface area contributed by atoms with Crippen molar-refractivity contribution in [1.82, 2.24) is 0 Å². The van der Waals surface area contributed by atoms with E-state index in [0.717, 1.165) is 19.3 Å². The van der Waals surface area contributed by atoms with Gasteiger partial charge in [-0.25, -0.2) is 0 Å². The van der Waals surface area contributed by atoms with Gasteiger partial charge in [0.15, 0.2) is 0 Å². The van der Waals surface area contributed by atoms with Gasteiger partial charge in [0.05, 0.1) is 17.9 Å². The zero-order valence-electron chi connectivity index (χ0n) is 15.4. The first-order valence-corrected chi connectivity index (χ1v) is 9.86. The highest BCUT2D eigenvalue weighted by Crippen LogP contribution is 2.67. The van der Waals surface area contributed by atoms with Crippen LogP contribution in [0, 0.1) is 16.7 Å². The molecule has 3 aliphatic carbocycles. The molecule has 0 bridgehead atoms. The third-order valence-corrected chi connectivity index (χ3v) is 7.60. The Balaban J connectivity index is 1.98. The second-order valence-electron chi connectivity index (χ2n) is 8.54. The maximum Gasteiger partial charge on any atom is 0.129 e. The molecule has 5 N–H and O–H groups in total. The molecule has 25 heavy (non-hydrogen) atoms. The van der Waals surface area contributed by atoms with Gasteiger partial charge in [0.25, 0.3) is 0 Å². The molecular formula is C19H34N2O4. The molecule has 144 valence electrons. The standard InChI is InChI=1S/C19H34N2O4/c1-17-8-7-15(22)16(23)19(17,24)10-9-18(17,13-21-25-12-11-20)14-5-3-2-4-6-14/h13-16,22-24H,2-12,20H2,1H3/b21-13+/t15-,16+,17+,18-,19+/m0/s1. The Morgan fingerprint density at radius 3 is 2.52 bits per heavy atom. The van der Waals surface area contributed by atoms with Gasteiger partial charge in [-0.1, -0.05) is 31.3 Å². The molecule has 5 atom stereocenters. The summed E-state index contributed by atoms with van der Waals surface area (Å²) in [5.74, 6) is 0.424. The molecule has 0 spiro atoms. The molecule has 0 aliphatic heterocycles. The second-order valence-corrected chi connectivity index (χ2v) is 8.54. The van der Waals surface area contributed by atoms with Crippen LogP contribution in [0.3, 0.4) is 0 Å². The van der Waals surface area contributed by atoms with Crippen molar-refractivity contribution in [3.63, 3.8) is 0 Å².